The highest BCUT2D eigenvalue weighted by Gasteiger charge is 2.31. The fourth-order valence-corrected chi connectivity index (χ4v) is 3.86. The van der Waals surface area contributed by atoms with Crippen molar-refractivity contribution in [1.29, 1.82) is 0 Å². The Morgan fingerprint density at radius 3 is 2.56 bits per heavy atom. The van der Waals surface area contributed by atoms with E-state index < -0.39 is 11.7 Å². The number of piperazine rings is 1. The number of benzene rings is 1. The molecule has 0 saturated carbocycles. The molecule has 2 aromatic heterocycles. The van der Waals surface area contributed by atoms with Gasteiger partial charge in [-0.15, -0.1) is 0 Å². The van der Waals surface area contributed by atoms with Crippen LogP contribution >= 0.6 is 11.6 Å². The maximum Gasteiger partial charge on any atom is 0.416 e. The second-order valence-corrected chi connectivity index (χ2v) is 8.17. The largest absolute Gasteiger partial charge is 0.416 e. The molecule has 0 atom stereocenters. The Bertz CT molecular complexity index is 1110. The predicted molar refractivity (Wildman–Crippen MR) is 120 cm³/mol. The molecule has 7 nitrogen and oxygen atoms in total. The molecule has 11 heteroatoms. The number of alkyl halides is 3. The fourth-order valence-electron chi connectivity index (χ4n) is 3.69. The molecular formula is C21H23ClF3N7. The first-order valence-corrected chi connectivity index (χ1v) is 10.5. The van der Waals surface area contributed by atoms with Crippen LogP contribution in [-0.4, -0.2) is 59.6 Å². The van der Waals surface area contributed by atoms with Crippen molar-refractivity contribution < 1.29 is 13.2 Å². The Hall–Kier alpha value is -2.85. The molecule has 0 unspecified atom stereocenters. The molecule has 1 saturated heterocycles. The van der Waals surface area contributed by atoms with Gasteiger partial charge < -0.3 is 20.9 Å². The average molecular weight is 466 g/mol. The minimum atomic E-state index is -4.44. The standard InChI is InChI=1S/C21H23ClF3N7/c1-31-4-6-32(7-5-31)18-11-16-17(12-28-18)29-20(22)30-19(16)27-3-2-13-8-14(21(23,24)25)10-15(26)9-13/h8-12H,2-7,26H2,1H3,(H,27,29,30). The van der Waals surface area contributed by atoms with E-state index in [1.54, 1.807) is 6.20 Å². The van der Waals surface area contributed by atoms with E-state index in [9.17, 15) is 13.2 Å². The van der Waals surface area contributed by atoms with Gasteiger partial charge in [0, 0.05) is 43.8 Å². The summed E-state index contributed by atoms with van der Waals surface area (Å²) in [6, 6.07) is 5.50. The molecule has 0 bridgehead atoms. The van der Waals surface area contributed by atoms with Gasteiger partial charge in [0.1, 0.15) is 11.6 Å². The molecule has 0 spiro atoms. The van der Waals surface area contributed by atoms with Crippen molar-refractivity contribution in [1.82, 2.24) is 19.9 Å². The summed E-state index contributed by atoms with van der Waals surface area (Å²) in [6.45, 7) is 3.96. The molecule has 0 amide bonds. The van der Waals surface area contributed by atoms with Crippen LogP contribution in [0.3, 0.4) is 0 Å². The lowest BCUT2D eigenvalue weighted by atomic mass is 10.1. The first-order chi connectivity index (χ1) is 15.2. The molecular weight excluding hydrogens is 443 g/mol. The Morgan fingerprint density at radius 2 is 1.84 bits per heavy atom. The molecule has 32 heavy (non-hydrogen) atoms. The molecule has 0 aliphatic carbocycles. The van der Waals surface area contributed by atoms with Gasteiger partial charge in [0.05, 0.1) is 17.3 Å². The summed E-state index contributed by atoms with van der Waals surface area (Å²) in [6.07, 6.45) is -2.45. The lowest BCUT2D eigenvalue weighted by molar-refractivity contribution is -0.137. The van der Waals surface area contributed by atoms with Crippen LogP contribution in [-0.2, 0) is 12.6 Å². The Labute approximate surface area is 188 Å². The molecule has 4 rings (SSSR count). The fraction of sp³-hybridized carbons (Fsp3) is 0.381. The van der Waals surface area contributed by atoms with E-state index in [2.05, 4.69) is 37.1 Å². The van der Waals surface area contributed by atoms with Gasteiger partial charge in [0.15, 0.2) is 0 Å². The van der Waals surface area contributed by atoms with Gasteiger partial charge in [0.2, 0.25) is 5.28 Å². The van der Waals surface area contributed by atoms with Crippen LogP contribution in [0.15, 0.2) is 30.5 Å². The quantitative estimate of drug-likeness (QED) is 0.439. The number of nitrogen functional groups attached to an aromatic ring is 1. The first kappa shape index (κ1) is 22.3. The number of hydrogen-bond donors (Lipinski definition) is 2. The van der Waals surface area contributed by atoms with Crippen molar-refractivity contribution in [2.45, 2.75) is 12.6 Å². The number of hydrogen-bond acceptors (Lipinski definition) is 7. The number of pyridine rings is 1. The summed E-state index contributed by atoms with van der Waals surface area (Å²) in [4.78, 5) is 17.5. The summed E-state index contributed by atoms with van der Waals surface area (Å²) in [5.41, 5.74) is 6.05. The number of nitrogens with one attached hydrogen (secondary N) is 1. The van der Waals surface area contributed by atoms with Crippen LogP contribution < -0.4 is 16.0 Å². The van der Waals surface area contributed by atoms with Crippen molar-refractivity contribution in [3.05, 3.63) is 46.9 Å². The maximum atomic E-state index is 13.1. The zero-order valence-corrected chi connectivity index (χ0v) is 18.2. The highest BCUT2D eigenvalue weighted by Crippen LogP contribution is 2.31. The molecule has 3 N–H and O–H groups in total. The van der Waals surface area contributed by atoms with Crippen molar-refractivity contribution >= 4 is 39.8 Å². The van der Waals surface area contributed by atoms with Gasteiger partial charge in [0.25, 0.3) is 0 Å². The maximum absolute atomic E-state index is 13.1. The van der Waals surface area contributed by atoms with Gasteiger partial charge in [-0.1, -0.05) is 0 Å². The predicted octanol–water partition coefficient (Wildman–Crippen LogP) is 3.69. The number of aromatic nitrogens is 3. The van der Waals surface area contributed by atoms with E-state index in [-0.39, 0.29) is 11.0 Å². The molecule has 1 aliphatic rings. The molecule has 3 aromatic rings. The van der Waals surface area contributed by atoms with Crippen LogP contribution in [0.5, 0.6) is 0 Å². The average Bonchev–Trinajstić information content (AvgIpc) is 2.73. The van der Waals surface area contributed by atoms with Gasteiger partial charge in [-0.05, 0) is 54.9 Å². The van der Waals surface area contributed by atoms with Crippen LogP contribution in [0, 0.1) is 0 Å². The summed E-state index contributed by atoms with van der Waals surface area (Å²) < 4.78 is 39.2. The lowest BCUT2D eigenvalue weighted by Crippen LogP contribution is -2.44. The van der Waals surface area contributed by atoms with E-state index in [0.29, 0.717) is 29.9 Å². The molecule has 1 aliphatic heterocycles. The monoisotopic (exact) mass is 465 g/mol. The highest BCUT2D eigenvalue weighted by molar-refractivity contribution is 6.28. The van der Waals surface area contributed by atoms with E-state index in [1.807, 2.05) is 6.07 Å². The van der Waals surface area contributed by atoms with Crippen molar-refractivity contribution in [3.8, 4) is 0 Å². The smallest absolute Gasteiger partial charge is 0.399 e. The summed E-state index contributed by atoms with van der Waals surface area (Å²) in [5.74, 6) is 1.34. The van der Waals surface area contributed by atoms with Gasteiger partial charge in [-0.3, -0.25) is 0 Å². The summed E-state index contributed by atoms with van der Waals surface area (Å²) in [5, 5.41) is 4.00. The third kappa shape index (κ3) is 5.13. The summed E-state index contributed by atoms with van der Waals surface area (Å²) >= 11 is 6.07. The number of rotatable bonds is 5. The minimum absolute atomic E-state index is 0.0671. The Kier molecular flexibility index (Phi) is 6.25. The Morgan fingerprint density at radius 1 is 1.09 bits per heavy atom. The van der Waals surface area contributed by atoms with Crippen LogP contribution in [0.1, 0.15) is 11.1 Å². The first-order valence-electron chi connectivity index (χ1n) is 10.2. The van der Waals surface area contributed by atoms with Crippen molar-refractivity contribution in [2.75, 3.05) is 55.7 Å². The SMILES string of the molecule is CN1CCN(c2cc3c(NCCc4cc(N)cc(C(F)(F)F)c4)nc(Cl)nc3cn2)CC1. The number of anilines is 3. The van der Waals surface area contributed by atoms with Gasteiger partial charge in [-0.2, -0.15) is 13.2 Å². The van der Waals surface area contributed by atoms with E-state index >= 15 is 0 Å². The van der Waals surface area contributed by atoms with Crippen molar-refractivity contribution in [3.63, 3.8) is 0 Å². The number of nitrogens with zero attached hydrogens (tertiary/aromatic N) is 5. The van der Waals surface area contributed by atoms with Crippen LogP contribution in [0.2, 0.25) is 5.28 Å². The third-order valence-corrected chi connectivity index (χ3v) is 5.59. The zero-order chi connectivity index (χ0) is 22.9. The lowest BCUT2D eigenvalue weighted by Gasteiger charge is -2.33. The van der Waals surface area contributed by atoms with E-state index in [4.69, 9.17) is 17.3 Å². The third-order valence-electron chi connectivity index (χ3n) is 5.42. The molecule has 170 valence electrons. The van der Waals surface area contributed by atoms with Crippen LogP contribution in [0.25, 0.3) is 10.9 Å². The van der Waals surface area contributed by atoms with Crippen LogP contribution in [0.4, 0.5) is 30.5 Å². The van der Waals surface area contributed by atoms with Gasteiger partial charge in [-0.25, -0.2) is 15.0 Å². The molecule has 0 radical (unpaired) electrons. The summed E-state index contributed by atoms with van der Waals surface area (Å²) in [7, 11) is 2.08. The van der Waals surface area contributed by atoms with Gasteiger partial charge >= 0.3 is 6.18 Å². The molecule has 3 heterocycles. The zero-order valence-electron chi connectivity index (χ0n) is 17.5. The van der Waals surface area contributed by atoms with Crippen molar-refractivity contribution in [2.24, 2.45) is 0 Å². The second kappa shape index (κ2) is 8.95. The molecule has 1 aromatic carbocycles. The number of nitrogens with two attached hydrogens (primary N) is 1. The Balaban J connectivity index is 1.54. The number of halogens is 4. The minimum Gasteiger partial charge on any atom is -0.399 e. The topological polar surface area (TPSA) is 83.2 Å². The second-order valence-electron chi connectivity index (χ2n) is 7.83. The number of likely N-dealkylation sites (N-methyl/N-ethyl adjacent to an activating group) is 1. The highest BCUT2D eigenvalue weighted by atomic mass is 35.5. The van der Waals surface area contributed by atoms with E-state index in [1.165, 1.54) is 6.07 Å². The molecule has 1 fully saturated rings. The van der Waals surface area contributed by atoms with E-state index in [0.717, 1.165) is 49.5 Å². The normalized spacial score (nSPS) is 15.3. The number of fused-ring (bicyclic) bond motifs is 1.